The molecule has 0 aliphatic heterocycles. The molecule has 0 amide bonds. The second kappa shape index (κ2) is 7.27. The zero-order valence-electron chi connectivity index (χ0n) is 10.4. The number of hydrogen-bond acceptors (Lipinski definition) is 5. The maximum Gasteiger partial charge on any atom is 0.264 e. The van der Waals surface area contributed by atoms with Crippen LogP contribution in [-0.4, -0.2) is 54.2 Å². The highest BCUT2D eigenvalue weighted by Gasteiger charge is 2.28. The SMILES string of the molecule is CC(C)CC(CO)(CO)NCCCS(=O)(=O)O. The Balaban J connectivity index is 4.18. The lowest BCUT2D eigenvalue weighted by Gasteiger charge is -2.32. The van der Waals surface area contributed by atoms with E-state index in [1.54, 1.807) is 0 Å². The van der Waals surface area contributed by atoms with Crippen LogP contribution in [0.2, 0.25) is 0 Å². The van der Waals surface area contributed by atoms with Gasteiger partial charge >= 0.3 is 0 Å². The molecule has 0 radical (unpaired) electrons. The summed E-state index contributed by atoms with van der Waals surface area (Å²) >= 11 is 0. The molecular weight excluding hydrogens is 246 g/mol. The molecule has 17 heavy (non-hydrogen) atoms. The molecule has 7 heteroatoms. The van der Waals surface area contributed by atoms with Crippen molar-refractivity contribution < 1.29 is 23.2 Å². The lowest BCUT2D eigenvalue weighted by molar-refractivity contribution is 0.0746. The van der Waals surface area contributed by atoms with E-state index in [4.69, 9.17) is 4.55 Å². The van der Waals surface area contributed by atoms with E-state index in [0.29, 0.717) is 18.9 Å². The van der Waals surface area contributed by atoms with Gasteiger partial charge in [0.05, 0.1) is 24.5 Å². The van der Waals surface area contributed by atoms with Crippen molar-refractivity contribution in [3.8, 4) is 0 Å². The predicted molar refractivity (Wildman–Crippen MR) is 65.4 cm³/mol. The van der Waals surface area contributed by atoms with E-state index in [0.717, 1.165) is 0 Å². The van der Waals surface area contributed by atoms with E-state index in [2.05, 4.69) is 5.32 Å². The van der Waals surface area contributed by atoms with Gasteiger partial charge in [-0.2, -0.15) is 8.42 Å². The van der Waals surface area contributed by atoms with E-state index in [-0.39, 0.29) is 25.4 Å². The number of aliphatic hydroxyl groups excluding tert-OH is 2. The van der Waals surface area contributed by atoms with Crippen molar-refractivity contribution in [2.24, 2.45) is 5.92 Å². The average Bonchev–Trinajstić information content (AvgIpc) is 2.21. The molecule has 0 unspecified atom stereocenters. The van der Waals surface area contributed by atoms with E-state index in [1.165, 1.54) is 0 Å². The molecule has 0 heterocycles. The Morgan fingerprint density at radius 3 is 2.12 bits per heavy atom. The fraction of sp³-hybridized carbons (Fsp3) is 1.00. The molecule has 6 nitrogen and oxygen atoms in total. The van der Waals surface area contributed by atoms with Crippen LogP contribution in [-0.2, 0) is 10.1 Å². The first kappa shape index (κ1) is 16.8. The molecule has 0 rings (SSSR count). The Morgan fingerprint density at radius 2 is 1.76 bits per heavy atom. The van der Waals surface area contributed by atoms with Gasteiger partial charge in [0.25, 0.3) is 10.1 Å². The molecule has 0 spiro atoms. The van der Waals surface area contributed by atoms with Crippen LogP contribution in [0.5, 0.6) is 0 Å². The van der Waals surface area contributed by atoms with Gasteiger partial charge in [-0.05, 0) is 25.3 Å². The summed E-state index contributed by atoms with van der Waals surface area (Å²) < 4.78 is 29.6. The van der Waals surface area contributed by atoms with Crippen molar-refractivity contribution in [2.45, 2.75) is 32.2 Å². The van der Waals surface area contributed by atoms with Crippen LogP contribution >= 0.6 is 0 Å². The number of aliphatic hydroxyl groups is 2. The summed E-state index contributed by atoms with van der Waals surface area (Å²) in [5.74, 6) is -0.0300. The van der Waals surface area contributed by atoms with E-state index in [9.17, 15) is 18.6 Å². The molecule has 0 saturated carbocycles. The average molecular weight is 269 g/mol. The summed E-state index contributed by atoms with van der Waals surface area (Å²) in [7, 11) is -3.94. The van der Waals surface area contributed by atoms with Gasteiger partial charge in [0.2, 0.25) is 0 Å². The molecular formula is C10H23NO5S. The van der Waals surface area contributed by atoms with Crippen molar-refractivity contribution in [2.75, 3.05) is 25.5 Å². The van der Waals surface area contributed by atoms with Gasteiger partial charge in [-0.15, -0.1) is 0 Å². The van der Waals surface area contributed by atoms with Gasteiger partial charge in [0.15, 0.2) is 0 Å². The van der Waals surface area contributed by atoms with Crippen LogP contribution in [0.4, 0.5) is 0 Å². The Kier molecular flexibility index (Phi) is 7.18. The highest BCUT2D eigenvalue weighted by Crippen LogP contribution is 2.16. The fourth-order valence-electron chi connectivity index (χ4n) is 1.75. The van der Waals surface area contributed by atoms with Crippen molar-refractivity contribution in [3.63, 3.8) is 0 Å². The lowest BCUT2D eigenvalue weighted by Crippen LogP contribution is -2.53. The second-order valence-electron chi connectivity index (χ2n) is 4.76. The van der Waals surface area contributed by atoms with Crippen LogP contribution < -0.4 is 5.32 Å². The maximum absolute atomic E-state index is 10.5. The van der Waals surface area contributed by atoms with Crippen molar-refractivity contribution >= 4 is 10.1 Å². The van der Waals surface area contributed by atoms with E-state index in [1.807, 2.05) is 13.8 Å². The van der Waals surface area contributed by atoms with Crippen LogP contribution in [0.15, 0.2) is 0 Å². The zero-order chi connectivity index (χ0) is 13.5. The van der Waals surface area contributed by atoms with Crippen LogP contribution in [0, 0.1) is 5.92 Å². The van der Waals surface area contributed by atoms with Gasteiger partial charge < -0.3 is 15.5 Å². The largest absolute Gasteiger partial charge is 0.394 e. The Hall–Kier alpha value is -0.210. The highest BCUT2D eigenvalue weighted by atomic mass is 32.2. The van der Waals surface area contributed by atoms with Gasteiger partial charge in [-0.3, -0.25) is 4.55 Å². The number of rotatable bonds is 9. The summed E-state index contributed by atoms with van der Waals surface area (Å²) in [6.45, 7) is 3.83. The summed E-state index contributed by atoms with van der Waals surface area (Å²) in [5.41, 5.74) is -0.784. The highest BCUT2D eigenvalue weighted by molar-refractivity contribution is 7.85. The Morgan fingerprint density at radius 1 is 1.24 bits per heavy atom. The van der Waals surface area contributed by atoms with E-state index >= 15 is 0 Å². The lowest BCUT2D eigenvalue weighted by atomic mass is 9.90. The summed E-state index contributed by atoms with van der Waals surface area (Å²) in [6, 6.07) is 0. The van der Waals surface area contributed by atoms with Crippen molar-refractivity contribution in [1.29, 1.82) is 0 Å². The summed E-state index contributed by atoms with van der Waals surface area (Å²) in [6.07, 6.45) is 0.824. The molecule has 0 aromatic heterocycles. The molecule has 0 fully saturated rings. The van der Waals surface area contributed by atoms with Crippen molar-refractivity contribution in [3.05, 3.63) is 0 Å². The Bertz CT molecular complexity index is 298. The van der Waals surface area contributed by atoms with Crippen LogP contribution in [0.3, 0.4) is 0 Å². The number of hydrogen-bond donors (Lipinski definition) is 4. The first-order chi connectivity index (χ1) is 7.74. The predicted octanol–water partition coefficient (Wildman–Crippen LogP) is -0.377. The molecule has 0 aliphatic rings. The minimum Gasteiger partial charge on any atom is -0.394 e. The smallest absolute Gasteiger partial charge is 0.264 e. The third kappa shape index (κ3) is 7.67. The van der Waals surface area contributed by atoms with E-state index < -0.39 is 15.7 Å². The first-order valence-corrected chi connectivity index (χ1v) is 7.27. The van der Waals surface area contributed by atoms with Crippen LogP contribution in [0.25, 0.3) is 0 Å². The molecule has 0 aromatic rings. The molecule has 0 saturated heterocycles. The summed E-state index contributed by atoms with van der Waals surface area (Å²) in [4.78, 5) is 0. The Labute approximate surface area is 103 Å². The summed E-state index contributed by atoms with van der Waals surface area (Å²) in [5, 5.41) is 21.5. The first-order valence-electron chi connectivity index (χ1n) is 5.66. The molecule has 104 valence electrons. The quantitative estimate of drug-likeness (QED) is 0.336. The minimum absolute atomic E-state index is 0.215. The van der Waals surface area contributed by atoms with Gasteiger partial charge in [-0.1, -0.05) is 13.8 Å². The minimum atomic E-state index is -3.94. The second-order valence-corrected chi connectivity index (χ2v) is 6.33. The molecule has 0 atom stereocenters. The topological polar surface area (TPSA) is 107 Å². The molecule has 0 aromatic carbocycles. The normalized spacial score (nSPS) is 13.3. The molecule has 0 bridgehead atoms. The third-order valence-corrected chi connectivity index (χ3v) is 3.29. The van der Waals surface area contributed by atoms with Crippen molar-refractivity contribution in [1.82, 2.24) is 5.32 Å². The molecule has 0 aliphatic carbocycles. The zero-order valence-corrected chi connectivity index (χ0v) is 11.2. The standard InChI is InChI=1S/C10H23NO5S/c1-9(2)6-10(7-12,8-13)11-4-3-5-17(14,15)16/h9,11-13H,3-8H2,1-2H3,(H,14,15,16). The van der Waals surface area contributed by atoms with Crippen LogP contribution in [0.1, 0.15) is 26.7 Å². The monoisotopic (exact) mass is 269 g/mol. The van der Waals surface area contributed by atoms with Gasteiger partial charge in [-0.25, -0.2) is 0 Å². The number of nitrogens with one attached hydrogen (secondary N) is 1. The third-order valence-electron chi connectivity index (χ3n) is 2.48. The van der Waals surface area contributed by atoms with Gasteiger partial charge in [0.1, 0.15) is 0 Å². The maximum atomic E-state index is 10.5. The molecule has 4 N–H and O–H groups in total. The van der Waals surface area contributed by atoms with Gasteiger partial charge in [0, 0.05) is 0 Å². The fourth-order valence-corrected chi connectivity index (χ4v) is 2.26.